The van der Waals surface area contributed by atoms with Crippen LogP contribution >= 0.6 is 11.6 Å². The fourth-order valence-electron chi connectivity index (χ4n) is 1.25. The van der Waals surface area contributed by atoms with Gasteiger partial charge in [-0.25, -0.2) is 21.6 Å². The fraction of sp³-hybridized carbons (Fsp3) is 0.333. The number of hydrogen-bond acceptors (Lipinski definition) is 4. The van der Waals surface area contributed by atoms with Crippen molar-refractivity contribution in [2.24, 2.45) is 0 Å². The average molecular weight is 313 g/mol. The number of rotatable bonds is 6. The summed E-state index contributed by atoms with van der Waals surface area (Å²) in [5.41, 5.74) is -0.0286. The molecule has 0 unspecified atom stereocenters. The van der Waals surface area contributed by atoms with Crippen molar-refractivity contribution in [3.05, 3.63) is 24.3 Å². The molecule has 0 fully saturated rings. The molecule has 9 heteroatoms. The highest BCUT2D eigenvalue weighted by molar-refractivity contribution is 7.94. The van der Waals surface area contributed by atoms with E-state index in [0.29, 0.717) is 0 Å². The van der Waals surface area contributed by atoms with Gasteiger partial charge in [-0.2, -0.15) is 0 Å². The molecule has 102 valence electrons. The summed E-state index contributed by atoms with van der Waals surface area (Å²) in [5.74, 6) is 0. The summed E-state index contributed by atoms with van der Waals surface area (Å²) >= 11 is 5.26. The molecule has 1 rings (SSSR count). The predicted octanol–water partition coefficient (Wildman–Crippen LogP) is 0.923. The van der Waals surface area contributed by atoms with Gasteiger partial charge in [0, 0.05) is 6.54 Å². The maximum atomic E-state index is 11.8. The molecule has 0 aliphatic carbocycles. The van der Waals surface area contributed by atoms with Crippen molar-refractivity contribution in [1.82, 2.24) is 4.72 Å². The van der Waals surface area contributed by atoms with Crippen LogP contribution in [0.15, 0.2) is 29.2 Å². The van der Waals surface area contributed by atoms with Gasteiger partial charge in [0.25, 0.3) is 0 Å². The second-order valence-electron chi connectivity index (χ2n) is 3.32. The normalized spacial score (nSPS) is 12.3. The number of benzene rings is 1. The first-order valence-electron chi connectivity index (χ1n) is 4.97. The van der Waals surface area contributed by atoms with Crippen LogP contribution in [0.2, 0.25) is 0 Å². The average Bonchev–Trinajstić information content (AvgIpc) is 2.29. The van der Waals surface area contributed by atoms with Crippen molar-refractivity contribution in [3.63, 3.8) is 0 Å². The van der Waals surface area contributed by atoms with Gasteiger partial charge in [0.15, 0.2) is 0 Å². The molecule has 1 aromatic rings. The Bertz CT molecular complexity index is 613. The highest BCUT2D eigenvalue weighted by Crippen LogP contribution is 2.21. The topological polar surface area (TPSA) is 92.3 Å². The maximum absolute atomic E-state index is 11.8. The second kappa shape index (κ2) is 5.87. The van der Waals surface area contributed by atoms with Crippen LogP contribution in [0, 0.1) is 0 Å². The van der Waals surface area contributed by atoms with Gasteiger partial charge in [0.1, 0.15) is 10.1 Å². The molecule has 2 N–H and O–H groups in total. The van der Waals surface area contributed by atoms with Gasteiger partial charge < -0.3 is 0 Å². The fourth-order valence-corrected chi connectivity index (χ4v) is 3.25. The van der Waals surface area contributed by atoms with Crippen molar-refractivity contribution in [1.29, 1.82) is 0 Å². The van der Waals surface area contributed by atoms with Gasteiger partial charge in [0.05, 0.1) is 5.69 Å². The highest BCUT2D eigenvalue weighted by Gasteiger charge is 2.19. The van der Waals surface area contributed by atoms with Crippen molar-refractivity contribution < 1.29 is 16.8 Å². The van der Waals surface area contributed by atoms with Crippen molar-refractivity contribution >= 4 is 37.3 Å². The summed E-state index contributed by atoms with van der Waals surface area (Å²) < 4.78 is 50.8. The Morgan fingerprint density at radius 2 is 1.78 bits per heavy atom. The van der Waals surface area contributed by atoms with Crippen LogP contribution in [0.25, 0.3) is 0 Å². The molecule has 1 aromatic carbocycles. The SMILES string of the molecule is CCNS(=O)(=O)c1ccccc1NS(=O)(=O)CCl. The molecule has 0 radical (unpaired) electrons. The molecule has 0 heterocycles. The largest absolute Gasteiger partial charge is 0.281 e. The van der Waals surface area contributed by atoms with Gasteiger partial charge in [-0.3, -0.25) is 4.72 Å². The molecule has 0 aliphatic rings. The van der Waals surface area contributed by atoms with E-state index in [0.717, 1.165) is 0 Å². The smallest absolute Gasteiger partial charge is 0.246 e. The van der Waals surface area contributed by atoms with Gasteiger partial charge in [-0.1, -0.05) is 19.1 Å². The van der Waals surface area contributed by atoms with E-state index in [2.05, 4.69) is 9.44 Å². The molecule has 0 aromatic heterocycles. The lowest BCUT2D eigenvalue weighted by Crippen LogP contribution is -2.25. The minimum absolute atomic E-state index is 0.0286. The lowest BCUT2D eigenvalue weighted by molar-refractivity contribution is 0.584. The second-order valence-corrected chi connectivity index (χ2v) is 7.37. The third-order valence-electron chi connectivity index (χ3n) is 1.92. The van der Waals surface area contributed by atoms with E-state index in [-0.39, 0.29) is 17.1 Å². The van der Waals surface area contributed by atoms with Gasteiger partial charge in [-0.05, 0) is 12.1 Å². The Labute approximate surface area is 111 Å². The van der Waals surface area contributed by atoms with E-state index < -0.39 is 25.3 Å². The summed E-state index contributed by atoms with van der Waals surface area (Å²) in [6.45, 7) is 1.84. The van der Waals surface area contributed by atoms with E-state index in [1.165, 1.54) is 24.3 Å². The Morgan fingerprint density at radius 3 is 2.33 bits per heavy atom. The molecule has 0 amide bonds. The molecular formula is C9H13ClN2O4S2. The highest BCUT2D eigenvalue weighted by atomic mass is 35.5. The van der Waals surface area contributed by atoms with Crippen molar-refractivity contribution in [3.8, 4) is 0 Å². The molecule has 0 saturated heterocycles. The number of para-hydroxylation sites is 1. The van der Waals surface area contributed by atoms with E-state index in [1.54, 1.807) is 6.92 Å². The number of alkyl halides is 1. The summed E-state index contributed by atoms with van der Waals surface area (Å²) in [6, 6.07) is 5.69. The first-order valence-corrected chi connectivity index (χ1v) is 8.64. The van der Waals surface area contributed by atoms with Crippen LogP contribution in [-0.4, -0.2) is 28.6 Å². The molecule has 18 heavy (non-hydrogen) atoms. The quantitative estimate of drug-likeness (QED) is 0.764. The Morgan fingerprint density at radius 1 is 1.17 bits per heavy atom. The lowest BCUT2D eigenvalue weighted by atomic mass is 10.3. The summed E-state index contributed by atoms with van der Waals surface area (Å²) in [4.78, 5) is -0.138. The summed E-state index contributed by atoms with van der Waals surface area (Å²) in [5, 5.41) is -0.650. The lowest BCUT2D eigenvalue weighted by Gasteiger charge is -2.11. The third kappa shape index (κ3) is 3.84. The number of sulfonamides is 2. The minimum Gasteiger partial charge on any atom is -0.281 e. The summed E-state index contributed by atoms with van der Waals surface area (Å²) in [7, 11) is -7.49. The minimum atomic E-state index is -3.75. The van der Waals surface area contributed by atoms with Crippen LogP contribution in [-0.2, 0) is 20.0 Å². The first-order chi connectivity index (χ1) is 8.32. The number of hydrogen-bond donors (Lipinski definition) is 2. The van der Waals surface area contributed by atoms with Crippen LogP contribution in [0.3, 0.4) is 0 Å². The third-order valence-corrected chi connectivity index (χ3v) is 5.20. The van der Waals surface area contributed by atoms with Gasteiger partial charge in [0.2, 0.25) is 20.0 Å². The standard InChI is InChI=1S/C9H13ClN2O4S2/c1-2-11-18(15,16)9-6-4-3-5-8(9)12-17(13,14)7-10/h3-6,11-12H,2,7H2,1H3. The zero-order chi connectivity index (χ0) is 13.8. The zero-order valence-electron chi connectivity index (χ0n) is 9.55. The molecule has 0 saturated carbocycles. The maximum Gasteiger partial charge on any atom is 0.246 e. The number of anilines is 1. The van der Waals surface area contributed by atoms with Gasteiger partial charge >= 0.3 is 0 Å². The summed E-state index contributed by atoms with van der Waals surface area (Å²) in [6.07, 6.45) is 0. The monoisotopic (exact) mass is 312 g/mol. The van der Waals surface area contributed by atoms with Crippen LogP contribution in [0.4, 0.5) is 5.69 Å². The van der Waals surface area contributed by atoms with E-state index in [9.17, 15) is 16.8 Å². The van der Waals surface area contributed by atoms with Crippen molar-refractivity contribution in [2.75, 3.05) is 16.5 Å². The molecular weight excluding hydrogens is 300 g/mol. The van der Waals surface area contributed by atoms with Crippen molar-refractivity contribution in [2.45, 2.75) is 11.8 Å². The molecule has 6 nitrogen and oxygen atoms in total. The number of nitrogens with one attached hydrogen (secondary N) is 2. The Kier molecular flexibility index (Phi) is 4.97. The predicted molar refractivity (Wildman–Crippen MR) is 70.6 cm³/mol. The van der Waals surface area contributed by atoms with Crippen LogP contribution in [0.5, 0.6) is 0 Å². The molecule has 0 aliphatic heterocycles. The molecule has 0 bridgehead atoms. The Hall–Kier alpha value is -0.830. The van der Waals surface area contributed by atoms with Gasteiger partial charge in [-0.15, -0.1) is 11.6 Å². The number of halogens is 1. The first kappa shape index (κ1) is 15.2. The van der Waals surface area contributed by atoms with E-state index >= 15 is 0 Å². The Balaban J connectivity index is 3.24. The van der Waals surface area contributed by atoms with E-state index in [1.807, 2.05) is 0 Å². The van der Waals surface area contributed by atoms with E-state index in [4.69, 9.17) is 11.6 Å². The molecule has 0 spiro atoms. The molecule has 0 atom stereocenters. The van der Waals surface area contributed by atoms with Crippen LogP contribution < -0.4 is 9.44 Å². The zero-order valence-corrected chi connectivity index (χ0v) is 11.9. The van der Waals surface area contributed by atoms with Crippen LogP contribution in [0.1, 0.15) is 6.92 Å².